The number of ketones is 1. The Morgan fingerprint density at radius 1 is 1.47 bits per heavy atom. The Morgan fingerprint density at radius 3 is 2.82 bits per heavy atom. The molecule has 1 aliphatic heterocycles. The molecule has 3 nitrogen and oxygen atoms in total. The van der Waals surface area contributed by atoms with Crippen molar-refractivity contribution in [3.8, 4) is 0 Å². The van der Waals surface area contributed by atoms with Crippen LogP contribution in [0.2, 0.25) is 0 Å². The van der Waals surface area contributed by atoms with Gasteiger partial charge < -0.3 is 5.73 Å². The normalized spacial score (nSPS) is 20.8. The fourth-order valence-corrected chi connectivity index (χ4v) is 2.01. The summed E-state index contributed by atoms with van der Waals surface area (Å²) in [5.41, 5.74) is 5.65. The highest BCUT2D eigenvalue weighted by Crippen LogP contribution is 2.13. The third-order valence-corrected chi connectivity index (χ3v) is 2.91. The maximum atomic E-state index is 13.3. The second-order valence-corrected chi connectivity index (χ2v) is 4.33. The second kappa shape index (κ2) is 4.89. The van der Waals surface area contributed by atoms with Crippen LogP contribution in [0.1, 0.15) is 16.8 Å². The SMILES string of the molecule is N[C@H]1CCN(CC(=O)c2ccc(F)cc2F)C1. The zero-order valence-electron chi connectivity index (χ0n) is 9.33. The first-order valence-electron chi connectivity index (χ1n) is 5.52. The Labute approximate surface area is 98.2 Å². The van der Waals surface area contributed by atoms with E-state index in [1.54, 1.807) is 0 Å². The van der Waals surface area contributed by atoms with Gasteiger partial charge in [-0.1, -0.05) is 0 Å². The molecule has 1 aromatic carbocycles. The van der Waals surface area contributed by atoms with Gasteiger partial charge in [-0.15, -0.1) is 0 Å². The molecule has 1 heterocycles. The van der Waals surface area contributed by atoms with Gasteiger partial charge in [0.05, 0.1) is 12.1 Å². The molecule has 1 aliphatic rings. The molecule has 0 spiro atoms. The van der Waals surface area contributed by atoms with Gasteiger partial charge in [-0.3, -0.25) is 9.69 Å². The number of rotatable bonds is 3. The van der Waals surface area contributed by atoms with Crippen molar-refractivity contribution >= 4 is 5.78 Å². The van der Waals surface area contributed by atoms with Gasteiger partial charge in [0.2, 0.25) is 0 Å². The average molecular weight is 240 g/mol. The third kappa shape index (κ3) is 2.87. The van der Waals surface area contributed by atoms with Crippen molar-refractivity contribution in [3.63, 3.8) is 0 Å². The van der Waals surface area contributed by atoms with Crippen molar-refractivity contribution in [3.05, 3.63) is 35.4 Å². The summed E-state index contributed by atoms with van der Waals surface area (Å²) in [6, 6.07) is 3.08. The molecule has 1 aromatic rings. The van der Waals surface area contributed by atoms with Crippen LogP contribution in [0.3, 0.4) is 0 Å². The predicted molar refractivity (Wildman–Crippen MR) is 59.7 cm³/mol. The number of nitrogens with two attached hydrogens (primary N) is 1. The van der Waals surface area contributed by atoms with E-state index in [0.29, 0.717) is 6.54 Å². The van der Waals surface area contributed by atoms with Crippen LogP contribution in [0, 0.1) is 11.6 Å². The van der Waals surface area contributed by atoms with E-state index in [4.69, 9.17) is 5.73 Å². The Balaban J connectivity index is 2.04. The number of carbonyl (C=O) groups is 1. The van der Waals surface area contributed by atoms with Crippen LogP contribution in [-0.2, 0) is 0 Å². The minimum atomic E-state index is -0.807. The average Bonchev–Trinajstić information content (AvgIpc) is 2.63. The monoisotopic (exact) mass is 240 g/mol. The molecule has 0 aromatic heterocycles. The Morgan fingerprint density at radius 2 is 2.24 bits per heavy atom. The van der Waals surface area contributed by atoms with Crippen LogP contribution in [0.4, 0.5) is 8.78 Å². The topological polar surface area (TPSA) is 46.3 Å². The molecule has 0 bridgehead atoms. The van der Waals surface area contributed by atoms with Crippen LogP contribution in [-0.4, -0.2) is 36.4 Å². The van der Waals surface area contributed by atoms with E-state index in [1.165, 1.54) is 6.07 Å². The summed E-state index contributed by atoms with van der Waals surface area (Å²) >= 11 is 0. The maximum Gasteiger partial charge on any atom is 0.179 e. The largest absolute Gasteiger partial charge is 0.326 e. The summed E-state index contributed by atoms with van der Waals surface area (Å²) in [5, 5.41) is 0. The number of hydrogen-bond donors (Lipinski definition) is 1. The van der Waals surface area contributed by atoms with Crippen molar-refractivity contribution in [2.75, 3.05) is 19.6 Å². The highest BCUT2D eigenvalue weighted by Gasteiger charge is 2.22. The molecule has 1 fully saturated rings. The summed E-state index contributed by atoms with van der Waals surface area (Å²) in [4.78, 5) is 13.7. The lowest BCUT2D eigenvalue weighted by Gasteiger charge is -2.14. The van der Waals surface area contributed by atoms with E-state index in [9.17, 15) is 13.6 Å². The first-order valence-corrected chi connectivity index (χ1v) is 5.52. The summed E-state index contributed by atoms with van der Waals surface area (Å²) < 4.78 is 26.0. The molecule has 1 atom stereocenters. The van der Waals surface area contributed by atoms with E-state index in [1.807, 2.05) is 4.90 Å². The van der Waals surface area contributed by atoms with Gasteiger partial charge in [0.15, 0.2) is 5.78 Å². The molecule has 0 radical (unpaired) electrons. The minimum absolute atomic E-state index is 0.0631. The fourth-order valence-electron chi connectivity index (χ4n) is 2.01. The van der Waals surface area contributed by atoms with Gasteiger partial charge in [-0.05, 0) is 18.6 Å². The fraction of sp³-hybridized carbons (Fsp3) is 0.417. The molecule has 5 heteroatoms. The summed E-state index contributed by atoms with van der Waals surface area (Å²) in [6.45, 7) is 1.53. The summed E-state index contributed by atoms with van der Waals surface area (Å²) in [6.07, 6.45) is 0.846. The lowest BCUT2D eigenvalue weighted by atomic mass is 10.1. The van der Waals surface area contributed by atoms with Crippen LogP contribution < -0.4 is 5.73 Å². The highest BCUT2D eigenvalue weighted by atomic mass is 19.1. The van der Waals surface area contributed by atoms with Crippen LogP contribution in [0.5, 0.6) is 0 Å². The Bertz CT molecular complexity index is 437. The first-order chi connectivity index (χ1) is 8.06. The quantitative estimate of drug-likeness (QED) is 0.807. The Kier molecular flexibility index (Phi) is 3.49. The van der Waals surface area contributed by atoms with Crippen molar-refractivity contribution in [2.24, 2.45) is 5.73 Å². The van der Waals surface area contributed by atoms with E-state index in [0.717, 1.165) is 25.1 Å². The second-order valence-electron chi connectivity index (χ2n) is 4.33. The van der Waals surface area contributed by atoms with E-state index in [2.05, 4.69) is 0 Å². The molecule has 2 N–H and O–H groups in total. The molecule has 1 saturated heterocycles. The molecule has 0 amide bonds. The molecule has 0 saturated carbocycles. The van der Waals surface area contributed by atoms with Gasteiger partial charge in [0.1, 0.15) is 11.6 Å². The van der Waals surface area contributed by atoms with Crippen molar-refractivity contribution in [1.29, 1.82) is 0 Å². The Hall–Kier alpha value is -1.33. The predicted octanol–water partition coefficient (Wildman–Crippen LogP) is 1.18. The molecular formula is C12H14F2N2O. The molecule has 0 unspecified atom stereocenters. The van der Waals surface area contributed by atoms with Crippen LogP contribution in [0.25, 0.3) is 0 Å². The zero-order chi connectivity index (χ0) is 12.4. The van der Waals surface area contributed by atoms with E-state index < -0.39 is 11.6 Å². The van der Waals surface area contributed by atoms with Crippen molar-refractivity contribution in [1.82, 2.24) is 4.90 Å². The summed E-state index contributed by atoms with van der Waals surface area (Å²) in [5.74, 6) is -1.82. The van der Waals surface area contributed by atoms with Crippen molar-refractivity contribution < 1.29 is 13.6 Å². The molecule has 17 heavy (non-hydrogen) atoms. The maximum absolute atomic E-state index is 13.3. The van der Waals surface area contributed by atoms with E-state index >= 15 is 0 Å². The smallest absolute Gasteiger partial charge is 0.179 e. The zero-order valence-corrected chi connectivity index (χ0v) is 9.33. The van der Waals surface area contributed by atoms with Crippen LogP contribution >= 0.6 is 0 Å². The van der Waals surface area contributed by atoms with Gasteiger partial charge in [-0.25, -0.2) is 8.78 Å². The molecular weight excluding hydrogens is 226 g/mol. The first kappa shape index (κ1) is 12.1. The molecule has 2 rings (SSSR count). The number of hydrogen-bond acceptors (Lipinski definition) is 3. The highest BCUT2D eigenvalue weighted by molar-refractivity contribution is 5.97. The number of nitrogens with zero attached hydrogens (tertiary/aromatic N) is 1. The molecule has 0 aliphatic carbocycles. The number of benzene rings is 1. The number of likely N-dealkylation sites (tertiary alicyclic amines) is 1. The molecule has 92 valence electrons. The number of Topliss-reactive ketones (excluding diaryl/α,β-unsaturated/α-hetero) is 1. The van der Waals surface area contributed by atoms with Gasteiger partial charge in [-0.2, -0.15) is 0 Å². The summed E-state index contributed by atoms with van der Waals surface area (Å²) in [7, 11) is 0. The lowest BCUT2D eigenvalue weighted by Crippen LogP contribution is -2.31. The standard InChI is InChI=1S/C12H14F2N2O/c13-8-1-2-10(11(14)5-8)12(17)7-16-4-3-9(15)6-16/h1-2,5,9H,3-4,6-7,15H2/t9-/m0/s1. The van der Waals surface area contributed by atoms with Crippen LogP contribution in [0.15, 0.2) is 18.2 Å². The number of carbonyl (C=O) groups excluding carboxylic acids is 1. The van der Waals surface area contributed by atoms with Gasteiger partial charge >= 0.3 is 0 Å². The van der Waals surface area contributed by atoms with E-state index in [-0.39, 0.29) is 23.9 Å². The third-order valence-electron chi connectivity index (χ3n) is 2.91. The number of halogens is 2. The lowest BCUT2D eigenvalue weighted by molar-refractivity contribution is 0.0940. The minimum Gasteiger partial charge on any atom is -0.326 e. The van der Waals surface area contributed by atoms with Crippen molar-refractivity contribution in [2.45, 2.75) is 12.5 Å². The van der Waals surface area contributed by atoms with Gasteiger partial charge in [0, 0.05) is 25.2 Å². The van der Waals surface area contributed by atoms with Gasteiger partial charge in [0.25, 0.3) is 0 Å².